The molecule has 0 aliphatic heterocycles. The van der Waals surface area contributed by atoms with E-state index < -0.39 is 0 Å². The van der Waals surface area contributed by atoms with Gasteiger partial charge in [-0.25, -0.2) is 5.43 Å². The normalized spacial score (nSPS) is 17.0. The molecule has 0 saturated heterocycles. The lowest BCUT2D eigenvalue weighted by Crippen LogP contribution is -2.25. The van der Waals surface area contributed by atoms with Gasteiger partial charge in [-0.3, -0.25) is 4.79 Å². The average Bonchev–Trinajstić information content (AvgIpc) is 3.51. The van der Waals surface area contributed by atoms with Crippen molar-refractivity contribution in [1.29, 1.82) is 0 Å². The summed E-state index contributed by atoms with van der Waals surface area (Å²) < 4.78 is 5.16. The molecule has 0 heterocycles. The van der Waals surface area contributed by atoms with Crippen molar-refractivity contribution in [2.24, 2.45) is 11.0 Å². The van der Waals surface area contributed by atoms with Crippen LogP contribution in [0.2, 0.25) is 0 Å². The molecule has 3 aromatic rings. The third-order valence-corrected chi connectivity index (χ3v) is 5.85. The number of hydrogen-bond donors (Lipinski definition) is 1. The number of ether oxygens (including phenoxy) is 1. The number of amides is 1. The van der Waals surface area contributed by atoms with E-state index in [1.807, 2.05) is 24.3 Å². The Bertz CT molecular complexity index is 1040. The molecule has 4 heteroatoms. The van der Waals surface area contributed by atoms with Crippen LogP contribution in [-0.2, 0) is 10.2 Å². The minimum atomic E-state index is -0.294. The number of nitrogens with one attached hydrogen (secondary N) is 1. The van der Waals surface area contributed by atoms with E-state index in [9.17, 15) is 4.79 Å². The number of rotatable bonds is 6. The zero-order chi connectivity index (χ0) is 21.1. The van der Waals surface area contributed by atoms with Crippen molar-refractivity contribution in [3.05, 3.63) is 101 Å². The third kappa shape index (κ3) is 3.86. The number of benzene rings is 3. The lowest BCUT2D eigenvalue weighted by molar-refractivity contribution is -0.122. The quantitative estimate of drug-likeness (QED) is 0.480. The van der Waals surface area contributed by atoms with E-state index in [1.54, 1.807) is 13.3 Å². The van der Waals surface area contributed by atoms with Crippen LogP contribution in [0.15, 0.2) is 77.9 Å². The van der Waals surface area contributed by atoms with E-state index in [4.69, 9.17) is 4.74 Å². The van der Waals surface area contributed by atoms with Crippen molar-refractivity contribution in [1.82, 2.24) is 5.43 Å². The summed E-state index contributed by atoms with van der Waals surface area (Å²) in [6.07, 6.45) is 2.44. The molecule has 0 aromatic heterocycles. The zero-order valence-corrected chi connectivity index (χ0v) is 17.6. The smallest absolute Gasteiger partial charge is 0.244 e. The molecule has 30 heavy (non-hydrogen) atoms. The molecule has 0 bridgehead atoms. The van der Waals surface area contributed by atoms with E-state index >= 15 is 0 Å². The van der Waals surface area contributed by atoms with E-state index in [0.717, 1.165) is 17.7 Å². The molecule has 152 valence electrons. The molecule has 1 N–H and O–H groups in total. The van der Waals surface area contributed by atoms with Crippen LogP contribution in [0.3, 0.4) is 0 Å². The Morgan fingerprint density at radius 3 is 2.13 bits per heavy atom. The van der Waals surface area contributed by atoms with Crippen LogP contribution in [-0.4, -0.2) is 19.2 Å². The molecule has 4 rings (SSSR count). The van der Waals surface area contributed by atoms with Gasteiger partial charge in [-0.05, 0) is 61.2 Å². The Morgan fingerprint density at radius 2 is 1.60 bits per heavy atom. The third-order valence-electron chi connectivity index (χ3n) is 5.85. The summed E-state index contributed by atoms with van der Waals surface area (Å²) in [6.45, 7) is 4.17. The van der Waals surface area contributed by atoms with Gasteiger partial charge in [0, 0.05) is 5.41 Å². The van der Waals surface area contributed by atoms with Crippen molar-refractivity contribution in [3.63, 3.8) is 0 Å². The van der Waals surface area contributed by atoms with Crippen molar-refractivity contribution < 1.29 is 9.53 Å². The first kappa shape index (κ1) is 19.9. The largest absolute Gasteiger partial charge is 0.497 e. The minimum absolute atomic E-state index is 0.0530. The Morgan fingerprint density at radius 1 is 1.00 bits per heavy atom. The van der Waals surface area contributed by atoms with Crippen LogP contribution in [0.5, 0.6) is 5.75 Å². The summed E-state index contributed by atoms with van der Waals surface area (Å²) in [7, 11) is 1.63. The highest BCUT2D eigenvalue weighted by Crippen LogP contribution is 2.59. The minimum Gasteiger partial charge on any atom is -0.497 e. The molecule has 1 atom stereocenters. The van der Waals surface area contributed by atoms with Gasteiger partial charge in [0.2, 0.25) is 5.91 Å². The van der Waals surface area contributed by atoms with E-state index in [0.29, 0.717) is 0 Å². The predicted octanol–water partition coefficient (Wildman–Crippen LogP) is 4.77. The highest BCUT2D eigenvalue weighted by atomic mass is 16.5. The van der Waals surface area contributed by atoms with Crippen LogP contribution in [0.4, 0.5) is 0 Å². The summed E-state index contributed by atoms with van der Waals surface area (Å²) in [6, 6.07) is 24.5. The molecule has 3 aromatic carbocycles. The van der Waals surface area contributed by atoms with Crippen molar-refractivity contribution >= 4 is 12.1 Å². The fourth-order valence-corrected chi connectivity index (χ4v) is 4.17. The second-order valence-corrected chi connectivity index (χ2v) is 7.97. The average molecular weight is 399 g/mol. The fourth-order valence-electron chi connectivity index (χ4n) is 4.17. The van der Waals surface area contributed by atoms with E-state index in [-0.39, 0.29) is 17.2 Å². The monoisotopic (exact) mass is 398 g/mol. The number of nitrogens with zero attached hydrogens (tertiary/aromatic N) is 1. The standard InChI is InChI=1S/C26H26N2O2/c1-18-6-4-8-21(14-18)26(22-9-5-7-19(2)15-22)16-24(26)25(29)28-27-17-20-10-12-23(30-3)13-11-20/h4-15,17,24H,16H2,1-3H3,(H,28,29)/b27-17+. The van der Waals surface area contributed by atoms with Gasteiger partial charge in [0.1, 0.15) is 5.75 Å². The number of hydrogen-bond acceptors (Lipinski definition) is 3. The maximum atomic E-state index is 13.0. The summed E-state index contributed by atoms with van der Waals surface area (Å²) in [5, 5.41) is 4.18. The summed E-state index contributed by atoms with van der Waals surface area (Å²) >= 11 is 0. The molecule has 4 nitrogen and oxygen atoms in total. The van der Waals surface area contributed by atoms with Crippen LogP contribution in [0.25, 0.3) is 0 Å². The molecule has 1 aliphatic rings. The van der Waals surface area contributed by atoms with E-state index in [1.165, 1.54) is 22.3 Å². The van der Waals surface area contributed by atoms with Gasteiger partial charge in [0.05, 0.1) is 19.2 Å². The first-order chi connectivity index (χ1) is 14.5. The number of methoxy groups -OCH3 is 1. The molecule has 1 fully saturated rings. The van der Waals surface area contributed by atoms with Gasteiger partial charge in [-0.15, -0.1) is 0 Å². The van der Waals surface area contributed by atoms with E-state index in [2.05, 4.69) is 72.9 Å². The summed E-state index contributed by atoms with van der Waals surface area (Å²) in [4.78, 5) is 13.0. The fraction of sp³-hybridized carbons (Fsp3) is 0.231. The second-order valence-electron chi connectivity index (χ2n) is 7.97. The maximum Gasteiger partial charge on any atom is 0.244 e. The lowest BCUT2D eigenvalue weighted by Gasteiger charge is -2.19. The van der Waals surface area contributed by atoms with Gasteiger partial charge >= 0.3 is 0 Å². The second kappa shape index (κ2) is 8.15. The number of aryl methyl sites for hydroxylation is 2. The first-order valence-corrected chi connectivity index (χ1v) is 10.1. The molecule has 1 saturated carbocycles. The lowest BCUT2D eigenvalue weighted by atomic mass is 9.84. The highest BCUT2D eigenvalue weighted by molar-refractivity contribution is 5.87. The molecular formula is C26H26N2O2. The van der Waals surface area contributed by atoms with Gasteiger partial charge in [-0.2, -0.15) is 5.10 Å². The summed E-state index contributed by atoms with van der Waals surface area (Å²) in [5.74, 6) is 0.590. The van der Waals surface area contributed by atoms with Crippen LogP contribution in [0, 0.1) is 19.8 Å². The number of carbonyl (C=O) groups excluding carboxylic acids is 1. The van der Waals surface area contributed by atoms with Crippen LogP contribution in [0.1, 0.15) is 34.2 Å². The molecule has 1 unspecified atom stereocenters. The van der Waals surface area contributed by atoms with Crippen LogP contribution < -0.4 is 10.2 Å². The Labute approximate surface area is 177 Å². The number of carbonyl (C=O) groups is 1. The number of hydrazone groups is 1. The Hall–Kier alpha value is -3.40. The van der Waals surface area contributed by atoms with Gasteiger partial charge in [-0.1, -0.05) is 59.7 Å². The van der Waals surface area contributed by atoms with Crippen molar-refractivity contribution in [3.8, 4) is 5.75 Å². The van der Waals surface area contributed by atoms with Crippen LogP contribution >= 0.6 is 0 Å². The molecule has 0 spiro atoms. The highest BCUT2D eigenvalue weighted by Gasteiger charge is 2.60. The van der Waals surface area contributed by atoms with Gasteiger partial charge in [0.15, 0.2) is 0 Å². The SMILES string of the molecule is COc1ccc(/C=N/NC(=O)C2CC2(c2cccc(C)c2)c2cccc(C)c2)cc1. The Balaban J connectivity index is 1.55. The molecular weight excluding hydrogens is 372 g/mol. The summed E-state index contributed by atoms with van der Waals surface area (Å²) in [5.41, 5.74) is 8.12. The predicted molar refractivity (Wildman–Crippen MR) is 120 cm³/mol. The van der Waals surface area contributed by atoms with Gasteiger partial charge in [0.25, 0.3) is 0 Å². The molecule has 0 radical (unpaired) electrons. The Kier molecular flexibility index (Phi) is 5.40. The van der Waals surface area contributed by atoms with Crippen molar-refractivity contribution in [2.45, 2.75) is 25.7 Å². The van der Waals surface area contributed by atoms with Gasteiger partial charge < -0.3 is 4.74 Å². The zero-order valence-electron chi connectivity index (χ0n) is 17.6. The molecule has 1 aliphatic carbocycles. The first-order valence-electron chi connectivity index (χ1n) is 10.1. The molecule has 1 amide bonds. The maximum absolute atomic E-state index is 13.0. The topological polar surface area (TPSA) is 50.7 Å². The van der Waals surface area contributed by atoms with Crippen molar-refractivity contribution in [2.75, 3.05) is 7.11 Å².